The van der Waals surface area contributed by atoms with Crippen LogP contribution < -0.4 is 9.47 Å². The number of aromatic amines is 1. The van der Waals surface area contributed by atoms with E-state index in [-0.39, 0.29) is 5.69 Å². The number of pyridine rings is 2. The molecular formula is C22H17BrF2N4O2. The van der Waals surface area contributed by atoms with E-state index >= 15 is 0 Å². The highest BCUT2D eigenvalue weighted by Gasteiger charge is 2.17. The van der Waals surface area contributed by atoms with Gasteiger partial charge in [-0.3, -0.25) is 4.98 Å². The molecule has 0 radical (unpaired) electrons. The van der Waals surface area contributed by atoms with Crippen LogP contribution in [-0.2, 0) is 0 Å². The number of benzene rings is 1. The Balaban J connectivity index is 1.58. The van der Waals surface area contributed by atoms with Gasteiger partial charge in [-0.15, -0.1) is 0 Å². The first-order valence-corrected chi connectivity index (χ1v) is 10.1. The number of aromatic nitrogens is 4. The van der Waals surface area contributed by atoms with Gasteiger partial charge in [-0.25, -0.2) is 14.4 Å². The lowest BCUT2D eigenvalue weighted by atomic mass is 10.1. The van der Waals surface area contributed by atoms with Crippen LogP contribution in [0.5, 0.6) is 11.5 Å². The second kappa shape index (κ2) is 8.81. The number of rotatable bonds is 6. The van der Waals surface area contributed by atoms with Gasteiger partial charge in [-0.2, -0.15) is 4.39 Å². The van der Waals surface area contributed by atoms with Crippen molar-refractivity contribution in [2.45, 2.75) is 13.0 Å². The number of hydrogen-bond acceptors (Lipinski definition) is 5. The molecule has 0 aliphatic carbocycles. The summed E-state index contributed by atoms with van der Waals surface area (Å²) in [6.07, 6.45) is 3.98. The molecule has 0 amide bonds. The number of ether oxygens (including phenoxy) is 2. The molecule has 6 nitrogen and oxygen atoms in total. The third kappa shape index (κ3) is 4.56. The first-order valence-electron chi connectivity index (χ1n) is 9.27. The zero-order chi connectivity index (χ0) is 22.0. The number of nitrogens with zero attached hydrogens (tertiary/aromatic N) is 3. The van der Waals surface area contributed by atoms with Crippen molar-refractivity contribution in [3.05, 3.63) is 76.9 Å². The third-order valence-electron chi connectivity index (χ3n) is 4.57. The molecule has 3 aromatic heterocycles. The summed E-state index contributed by atoms with van der Waals surface area (Å²) in [4.78, 5) is 15.3. The fourth-order valence-corrected chi connectivity index (χ4v) is 3.38. The summed E-state index contributed by atoms with van der Waals surface area (Å²) >= 11 is 3.19. The van der Waals surface area contributed by atoms with Crippen molar-refractivity contribution < 1.29 is 18.3 Å². The SMILES string of the molecule is COc1cc(OC(C)c2ncc(Br)cc2F)ccc1-c1cnc(-c2ccc(F)nc2)[nH]1. The molecule has 31 heavy (non-hydrogen) atoms. The van der Waals surface area contributed by atoms with Crippen LogP contribution in [0.4, 0.5) is 8.78 Å². The molecule has 1 unspecified atom stereocenters. The highest BCUT2D eigenvalue weighted by atomic mass is 79.9. The molecule has 0 aliphatic rings. The molecule has 0 fully saturated rings. The Morgan fingerprint density at radius 2 is 1.84 bits per heavy atom. The smallest absolute Gasteiger partial charge is 0.212 e. The van der Waals surface area contributed by atoms with Gasteiger partial charge in [0.1, 0.15) is 34.9 Å². The summed E-state index contributed by atoms with van der Waals surface area (Å²) in [7, 11) is 1.54. The molecule has 9 heteroatoms. The third-order valence-corrected chi connectivity index (χ3v) is 5.01. The molecule has 4 rings (SSSR count). The van der Waals surface area contributed by atoms with Crippen LogP contribution >= 0.6 is 15.9 Å². The molecular weight excluding hydrogens is 470 g/mol. The number of nitrogens with one attached hydrogen (secondary N) is 1. The van der Waals surface area contributed by atoms with Gasteiger partial charge in [0.15, 0.2) is 0 Å². The van der Waals surface area contributed by atoms with Gasteiger partial charge in [-0.1, -0.05) is 0 Å². The average Bonchev–Trinajstić information content (AvgIpc) is 3.24. The van der Waals surface area contributed by atoms with E-state index in [0.29, 0.717) is 33.1 Å². The van der Waals surface area contributed by atoms with Gasteiger partial charge in [0.25, 0.3) is 0 Å². The van der Waals surface area contributed by atoms with Crippen LogP contribution in [0.25, 0.3) is 22.6 Å². The molecule has 0 aliphatic heterocycles. The first-order chi connectivity index (χ1) is 14.9. The average molecular weight is 487 g/mol. The Morgan fingerprint density at radius 3 is 2.55 bits per heavy atom. The summed E-state index contributed by atoms with van der Waals surface area (Å²) in [5.41, 5.74) is 2.32. The first kappa shape index (κ1) is 20.9. The standard InChI is InChI=1S/C22H17BrF2N4O2/c1-12(21-17(24)7-14(23)10-27-21)31-15-4-5-16(19(8-15)30-2)18-11-28-22(29-18)13-3-6-20(25)26-9-13/h3-12H,1-2H3,(H,28,29). The van der Waals surface area contributed by atoms with E-state index in [1.807, 2.05) is 6.07 Å². The monoisotopic (exact) mass is 486 g/mol. The number of methoxy groups -OCH3 is 1. The van der Waals surface area contributed by atoms with Crippen molar-refractivity contribution in [3.8, 4) is 34.1 Å². The number of imidazole rings is 1. The quantitative estimate of drug-likeness (QED) is 0.352. The van der Waals surface area contributed by atoms with Gasteiger partial charge >= 0.3 is 0 Å². The van der Waals surface area contributed by atoms with Gasteiger partial charge in [-0.05, 0) is 53.2 Å². The minimum absolute atomic E-state index is 0.206. The van der Waals surface area contributed by atoms with Crippen molar-refractivity contribution in [1.82, 2.24) is 19.9 Å². The van der Waals surface area contributed by atoms with Crippen LogP contribution in [-0.4, -0.2) is 27.0 Å². The fraction of sp³-hybridized carbons (Fsp3) is 0.136. The van der Waals surface area contributed by atoms with Gasteiger partial charge in [0.05, 0.1) is 19.0 Å². The van der Waals surface area contributed by atoms with Crippen LogP contribution in [0.1, 0.15) is 18.7 Å². The Kier molecular flexibility index (Phi) is 5.94. The molecule has 1 N–H and O–H groups in total. The van der Waals surface area contributed by atoms with E-state index in [9.17, 15) is 8.78 Å². The summed E-state index contributed by atoms with van der Waals surface area (Å²) in [5.74, 6) is 0.585. The minimum atomic E-state index is -0.603. The highest BCUT2D eigenvalue weighted by molar-refractivity contribution is 9.10. The lowest BCUT2D eigenvalue weighted by molar-refractivity contribution is 0.215. The zero-order valence-electron chi connectivity index (χ0n) is 16.6. The second-order valence-corrected chi connectivity index (χ2v) is 7.57. The van der Waals surface area contributed by atoms with Crippen molar-refractivity contribution in [3.63, 3.8) is 0 Å². The van der Waals surface area contributed by atoms with Gasteiger partial charge in [0.2, 0.25) is 5.95 Å². The van der Waals surface area contributed by atoms with E-state index in [1.54, 1.807) is 38.4 Å². The van der Waals surface area contributed by atoms with E-state index in [2.05, 4.69) is 35.9 Å². The molecule has 0 saturated heterocycles. The van der Waals surface area contributed by atoms with E-state index < -0.39 is 17.9 Å². The summed E-state index contributed by atoms with van der Waals surface area (Å²) in [5, 5.41) is 0. The lowest BCUT2D eigenvalue weighted by Gasteiger charge is -2.16. The zero-order valence-corrected chi connectivity index (χ0v) is 18.2. The van der Waals surface area contributed by atoms with Gasteiger partial charge < -0.3 is 14.5 Å². The fourth-order valence-electron chi connectivity index (χ4n) is 3.07. The Hall–Kier alpha value is -3.33. The summed E-state index contributed by atoms with van der Waals surface area (Å²) < 4.78 is 39.2. The normalized spacial score (nSPS) is 11.9. The summed E-state index contributed by atoms with van der Waals surface area (Å²) in [6.45, 7) is 1.72. The van der Waals surface area contributed by atoms with Gasteiger partial charge in [0, 0.05) is 34.1 Å². The maximum Gasteiger partial charge on any atom is 0.212 e. The maximum atomic E-state index is 14.2. The molecule has 4 aromatic rings. The van der Waals surface area contributed by atoms with E-state index in [0.717, 1.165) is 5.56 Å². The Bertz CT molecular complexity index is 1210. The molecule has 0 saturated carbocycles. The molecule has 0 spiro atoms. The Labute approximate surface area is 185 Å². The van der Waals surface area contributed by atoms with Crippen LogP contribution in [0, 0.1) is 11.8 Å². The topological polar surface area (TPSA) is 72.9 Å². The van der Waals surface area contributed by atoms with E-state index in [1.165, 1.54) is 24.5 Å². The van der Waals surface area contributed by atoms with Crippen molar-refractivity contribution in [1.29, 1.82) is 0 Å². The van der Waals surface area contributed by atoms with Crippen LogP contribution in [0.3, 0.4) is 0 Å². The lowest BCUT2D eigenvalue weighted by Crippen LogP contribution is -2.08. The summed E-state index contributed by atoms with van der Waals surface area (Å²) in [6, 6.07) is 9.49. The van der Waals surface area contributed by atoms with Crippen molar-refractivity contribution in [2.75, 3.05) is 7.11 Å². The number of H-pyrrole nitrogens is 1. The minimum Gasteiger partial charge on any atom is -0.496 e. The highest BCUT2D eigenvalue weighted by Crippen LogP contribution is 2.35. The van der Waals surface area contributed by atoms with Crippen molar-refractivity contribution >= 4 is 15.9 Å². The molecule has 3 heterocycles. The molecule has 1 atom stereocenters. The number of hydrogen-bond donors (Lipinski definition) is 1. The van der Waals surface area contributed by atoms with Crippen LogP contribution in [0.15, 0.2) is 59.5 Å². The maximum absolute atomic E-state index is 14.2. The van der Waals surface area contributed by atoms with Crippen molar-refractivity contribution in [2.24, 2.45) is 0 Å². The second-order valence-electron chi connectivity index (χ2n) is 6.66. The van der Waals surface area contributed by atoms with E-state index in [4.69, 9.17) is 9.47 Å². The predicted octanol–water partition coefficient (Wildman–Crippen LogP) is 5.72. The Morgan fingerprint density at radius 1 is 1.00 bits per heavy atom. The largest absolute Gasteiger partial charge is 0.496 e. The molecule has 0 bridgehead atoms. The van der Waals surface area contributed by atoms with Crippen LogP contribution in [0.2, 0.25) is 0 Å². The predicted molar refractivity (Wildman–Crippen MR) is 115 cm³/mol. The molecule has 1 aromatic carbocycles. The molecule has 158 valence electrons. The number of halogens is 3.